The van der Waals surface area contributed by atoms with Gasteiger partial charge in [-0.15, -0.1) is 0 Å². The van der Waals surface area contributed by atoms with Crippen molar-refractivity contribution in [2.75, 3.05) is 24.3 Å². The van der Waals surface area contributed by atoms with E-state index in [9.17, 15) is 18.8 Å². The fourth-order valence-corrected chi connectivity index (χ4v) is 2.17. The molecule has 0 radical (unpaired) electrons. The van der Waals surface area contributed by atoms with E-state index in [4.69, 9.17) is 4.74 Å². The summed E-state index contributed by atoms with van der Waals surface area (Å²) in [5, 5.41) is 7.59. The van der Waals surface area contributed by atoms with Gasteiger partial charge in [-0.25, -0.2) is 4.39 Å². The third kappa shape index (κ3) is 5.30. The van der Waals surface area contributed by atoms with E-state index >= 15 is 0 Å². The first-order valence-electron chi connectivity index (χ1n) is 7.68. The summed E-state index contributed by atoms with van der Waals surface area (Å²) in [5.74, 6) is -1.48. The molecule has 2 aromatic rings. The molecule has 0 spiro atoms. The second kappa shape index (κ2) is 8.61. The first-order chi connectivity index (χ1) is 12.4. The van der Waals surface area contributed by atoms with Crippen LogP contribution in [0.2, 0.25) is 0 Å². The lowest BCUT2D eigenvalue weighted by Gasteiger charge is -2.13. The van der Waals surface area contributed by atoms with Crippen molar-refractivity contribution in [3.8, 4) is 5.75 Å². The fourth-order valence-electron chi connectivity index (χ4n) is 2.17. The molecule has 0 aliphatic rings. The minimum atomic E-state index is -0.571. The average Bonchev–Trinajstić information content (AvgIpc) is 2.59. The largest absolute Gasteiger partial charge is 0.495 e. The quantitative estimate of drug-likeness (QED) is 0.736. The summed E-state index contributed by atoms with van der Waals surface area (Å²) in [4.78, 5) is 35.1. The molecule has 0 heterocycles. The van der Waals surface area contributed by atoms with Crippen LogP contribution in [0, 0.1) is 5.82 Å². The lowest BCUT2D eigenvalue weighted by Crippen LogP contribution is -2.33. The number of carbonyl (C=O) groups is 3. The Morgan fingerprint density at radius 2 is 1.85 bits per heavy atom. The monoisotopic (exact) mass is 359 g/mol. The molecule has 0 fully saturated rings. The zero-order chi connectivity index (χ0) is 19.1. The molecule has 0 saturated heterocycles. The minimum absolute atomic E-state index is 0.114. The number of hydrogen-bond acceptors (Lipinski definition) is 4. The highest BCUT2D eigenvalue weighted by Crippen LogP contribution is 2.27. The van der Waals surface area contributed by atoms with Gasteiger partial charge in [-0.1, -0.05) is 6.07 Å². The Morgan fingerprint density at radius 1 is 1.08 bits per heavy atom. The molecular weight excluding hydrogens is 341 g/mol. The molecule has 136 valence electrons. The number of benzene rings is 2. The Hall–Kier alpha value is -3.42. The Balaban J connectivity index is 2.00. The number of amides is 3. The number of methoxy groups -OCH3 is 1. The van der Waals surface area contributed by atoms with Gasteiger partial charge in [0.15, 0.2) is 0 Å². The molecule has 0 atom stereocenters. The SMILES string of the molecule is COc1ccc(NC(C)=O)cc1NC(=O)CNC(=O)c1cccc(F)c1. The second-order valence-electron chi connectivity index (χ2n) is 5.34. The third-order valence-electron chi connectivity index (χ3n) is 3.29. The number of rotatable bonds is 6. The van der Waals surface area contributed by atoms with Crippen LogP contribution in [0.15, 0.2) is 42.5 Å². The van der Waals surface area contributed by atoms with E-state index in [1.54, 1.807) is 12.1 Å². The van der Waals surface area contributed by atoms with Crippen LogP contribution in [0.1, 0.15) is 17.3 Å². The zero-order valence-electron chi connectivity index (χ0n) is 14.3. The molecule has 3 N–H and O–H groups in total. The van der Waals surface area contributed by atoms with Crippen LogP contribution in [0.25, 0.3) is 0 Å². The summed E-state index contributed by atoms with van der Waals surface area (Å²) >= 11 is 0. The lowest BCUT2D eigenvalue weighted by atomic mass is 10.2. The van der Waals surface area contributed by atoms with Gasteiger partial charge in [-0.2, -0.15) is 0 Å². The molecule has 0 aromatic heterocycles. The van der Waals surface area contributed by atoms with Gasteiger partial charge in [0.2, 0.25) is 11.8 Å². The first kappa shape index (κ1) is 18.9. The van der Waals surface area contributed by atoms with Gasteiger partial charge in [-0.3, -0.25) is 14.4 Å². The summed E-state index contributed by atoms with van der Waals surface area (Å²) in [7, 11) is 1.44. The van der Waals surface area contributed by atoms with Crippen molar-refractivity contribution in [3.63, 3.8) is 0 Å². The summed E-state index contributed by atoms with van der Waals surface area (Å²) in [6, 6.07) is 9.89. The van der Waals surface area contributed by atoms with E-state index in [2.05, 4.69) is 16.0 Å². The van der Waals surface area contributed by atoms with Crippen LogP contribution in [-0.2, 0) is 9.59 Å². The van der Waals surface area contributed by atoms with Crippen molar-refractivity contribution in [2.24, 2.45) is 0 Å². The minimum Gasteiger partial charge on any atom is -0.495 e. The maximum atomic E-state index is 13.1. The molecule has 26 heavy (non-hydrogen) atoms. The smallest absolute Gasteiger partial charge is 0.251 e. The molecule has 0 bridgehead atoms. The van der Waals surface area contributed by atoms with E-state index in [-0.39, 0.29) is 18.0 Å². The predicted molar refractivity (Wildman–Crippen MR) is 94.7 cm³/mol. The maximum absolute atomic E-state index is 13.1. The van der Waals surface area contributed by atoms with E-state index in [0.29, 0.717) is 17.1 Å². The molecular formula is C18H18FN3O4. The number of halogens is 1. The molecule has 0 aliphatic carbocycles. The van der Waals surface area contributed by atoms with Gasteiger partial charge in [0.25, 0.3) is 5.91 Å². The third-order valence-corrected chi connectivity index (χ3v) is 3.29. The molecule has 2 aromatic carbocycles. The highest BCUT2D eigenvalue weighted by Gasteiger charge is 2.12. The van der Waals surface area contributed by atoms with Crippen LogP contribution >= 0.6 is 0 Å². The fraction of sp³-hybridized carbons (Fsp3) is 0.167. The molecule has 7 nitrogen and oxygen atoms in total. The molecule has 0 aliphatic heterocycles. The zero-order valence-corrected chi connectivity index (χ0v) is 14.3. The van der Waals surface area contributed by atoms with Gasteiger partial charge in [0, 0.05) is 18.2 Å². The van der Waals surface area contributed by atoms with E-state index in [1.165, 1.54) is 38.3 Å². The van der Waals surface area contributed by atoms with Gasteiger partial charge >= 0.3 is 0 Å². The van der Waals surface area contributed by atoms with Crippen LogP contribution < -0.4 is 20.7 Å². The number of nitrogens with one attached hydrogen (secondary N) is 3. The summed E-state index contributed by atoms with van der Waals surface area (Å²) in [6.07, 6.45) is 0. The normalized spacial score (nSPS) is 9.96. The van der Waals surface area contributed by atoms with Gasteiger partial charge in [0.05, 0.1) is 19.3 Å². The molecule has 8 heteroatoms. The standard InChI is InChI=1S/C18H18FN3O4/c1-11(23)21-14-6-7-16(26-2)15(9-14)22-17(24)10-20-18(25)12-4-3-5-13(19)8-12/h3-9H,10H2,1-2H3,(H,20,25)(H,21,23)(H,22,24). The first-order valence-corrected chi connectivity index (χ1v) is 7.68. The van der Waals surface area contributed by atoms with Crippen molar-refractivity contribution < 1.29 is 23.5 Å². The van der Waals surface area contributed by atoms with Crippen molar-refractivity contribution in [1.29, 1.82) is 0 Å². The predicted octanol–water partition coefficient (Wildman–Crippen LogP) is 2.16. The number of anilines is 2. The Morgan fingerprint density at radius 3 is 2.50 bits per heavy atom. The van der Waals surface area contributed by atoms with Crippen LogP contribution in [0.3, 0.4) is 0 Å². The number of hydrogen-bond donors (Lipinski definition) is 3. The lowest BCUT2D eigenvalue weighted by molar-refractivity contribution is -0.115. The van der Waals surface area contributed by atoms with Crippen molar-refractivity contribution in [2.45, 2.75) is 6.92 Å². The second-order valence-corrected chi connectivity index (χ2v) is 5.34. The molecule has 2 rings (SSSR count). The summed E-state index contributed by atoms with van der Waals surface area (Å²) < 4.78 is 18.3. The molecule has 0 saturated carbocycles. The van der Waals surface area contributed by atoms with E-state index in [1.807, 2.05) is 0 Å². The average molecular weight is 359 g/mol. The topological polar surface area (TPSA) is 96.5 Å². The van der Waals surface area contributed by atoms with Gasteiger partial charge in [0.1, 0.15) is 11.6 Å². The number of carbonyl (C=O) groups excluding carboxylic acids is 3. The van der Waals surface area contributed by atoms with Gasteiger partial charge in [-0.05, 0) is 36.4 Å². The highest BCUT2D eigenvalue weighted by molar-refractivity contribution is 6.00. The van der Waals surface area contributed by atoms with Crippen molar-refractivity contribution in [3.05, 3.63) is 53.8 Å². The summed E-state index contributed by atoms with van der Waals surface area (Å²) in [6.45, 7) is 1.05. The highest BCUT2D eigenvalue weighted by atomic mass is 19.1. The van der Waals surface area contributed by atoms with Crippen LogP contribution in [0.4, 0.5) is 15.8 Å². The van der Waals surface area contributed by atoms with E-state index < -0.39 is 17.6 Å². The van der Waals surface area contributed by atoms with Gasteiger partial charge < -0.3 is 20.7 Å². The van der Waals surface area contributed by atoms with Crippen molar-refractivity contribution >= 4 is 29.1 Å². The Bertz CT molecular complexity index is 839. The Labute approximate surface area is 149 Å². The van der Waals surface area contributed by atoms with Crippen molar-refractivity contribution in [1.82, 2.24) is 5.32 Å². The van der Waals surface area contributed by atoms with Crippen LogP contribution in [-0.4, -0.2) is 31.4 Å². The molecule has 3 amide bonds. The molecule has 0 unspecified atom stereocenters. The Kier molecular flexibility index (Phi) is 6.26. The summed E-state index contributed by atoms with van der Waals surface area (Å²) in [5.41, 5.74) is 0.934. The number of ether oxygens (including phenoxy) is 1. The maximum Gasteiger partial charge on any atom is 0.251 e. The van der Waals surface area contributed by atoms with E-state index in [0.717, 1.165) is 6.07 Å². The van der Waals surface area contributed by atoms with Crippen LogP contribution in [0.5, 0.6) is 5.75 Å².